The normalized spacial score (nSPS) is 13.3. The van der Waals surface area contributed by atoms with Crippen molar-refractivity contribution in [2.24, 2.45) is 5.73 Å². The summed E-state index contributed by atoms with van der Waals surface area (Å²) in [6.07, 6.45) is 0.293. The Hall–Kier alpha value is -1.27. The molecule has 1 heterocycles. The van der Waals surface area contributed by atoms with Gasteiger partial charge in [0.05, 0.1) is 5.69 Å². The number of benzene rings is 1. The molecule has 1 aromatic carbocycles. The van der Waals surface area contributed by atoms with Crippen LogP contribution in [0.15, 0.2) is 16.6 Å². The van der Waals surface area contributed by atoms with Crippen LogP contribution >= 0.6 is 15.9 Å². The van der Waals surface area contributed by atoms with Crippen LogP contribution in [0.25, 0.3) is 0 Å². The molecule has 0 fully saturated rings. The molecule has 6 heteroatoms. The average Bonchev–Trinajstić information content (AvgIpc) is 2.30. The quantitative estimate of drug-likeness (QED) is 0.887. The van der Waals surface area contributed by atoms with E-state index in [9.17, 15) is 4.79 Å². The first-order valence-corrected chi connectivity index (χ1v) is 6.09. The van der Waals surface area contributed by atoms with Crippen LogP contribution in [0.1, 0.15) is 6.42 Å². The summed E-state index contributed by atoms with van der Waals surface area (Å²) in [5.41, 5.74) is 5.97. The highest BCUT2D eigenvalue weighted by molar-refractivity contribution is 9.10. The monoisotopic (exact) mass is 300 g/mol. The van der Waals surface area contributed by atoms with Gasteiger partial charge in [-0.15, -0.1) is 0 Å². The molecule has 0 spiro atoms. The van der Waals surface area contributed by atoms with Crippen molar-refractivity contribution in [3.63, 3.8) is 0 Å². The SMILES string of the molecule is NCCC(=O)Nc1cc2c(cc1Br)OCCO2. The van der Waals surface area contributed by atoms with E-state index in [2.05, 4.69) is 21.2 Å². The molecule has 0 bridgehead atoms. The number of fused-ring (bicyclic) bond motifs is 1. The number of anilines is 1. The van der Waals surface area contributed by atoms with Gasteiger partial charge in [-0.2, -0.15) is 0 Å². The zero-order chi connectivity index (χ0) is 12.3. The van der Waals surface area contributed by atoms with E-state index in [0.29, 0.717) is 43.4 Å². The second-order valence-electron chi connectivity index (χ2n) is 3.56. The minimum atomic E-state index is -0.120. The number of carbonyl (C=O) groups excluding carboxylic acids is 1. The first-order valence-electron chi connectivity index (χ1n) is 5.30. The van der Waals surface area contributed by atoms with Gasteiger partial charge in [0.2, 0.25) is 5.91 Å². The van der Waals surface area contributed by atoms with Crippen molar-refractivity contribution in [3.05, 3.63) is 16.6 Å². The zero-order valence-corrected chi connectivity index (χ0v) is 10.7. The largest absolute Gasteiger partial charge is 0.486 e. The summed E-state index contributed by atoms with van der Waals surface area (Å²) in [5, 5.41) is 2.76. The molecule has 0 atom stereocenters. The van der Waals surface area contributed by atoms with E-state index >= 15 is 0 Å². The summed E-state index contributed by atoms with van der Waals surface area (Å²) in [4.78, 5) is 11.4. The molecular weight excluding hydrogens is 288 g/mol. The van der Waals surface area contributed by atoms with Crippen LogP contribution in [0.4, 0.5) is 5.69 Å². The highest BCUT2D eigenvalue weighted by Gasteiger charge is 2.15. The lowest BCUT2D eigenvalue weighted by molar-refractivity contribution is -0.116. The Kier molecular flexibility index (Phi) is 3.86. The fourth-order valence-electron chi connectivity index (χ4n) is 1.50. The maximum absolute atomic E-state index is 11.4. The van der Waals surface area contributed by atoms with E-state index < -0.39 is 0 Å². The molecule has 1 aliphatic heterocycles. The van der Waals surface area contributed by atoms with Gasteiger partial charge in [-0.05, 0) is 15.9 Å². The lowest BCUT2D eigenvalue weighted by Gasteiger charge is -2.20. The molecule has 3 N–H and O–H groups in total. The number of nitrogens with one attached hydrogen (secondary N) is 1. The Morgan fingerprint density at radius 2 is 2.00 bits per heavy atom. The lowest BCUT2D eigenvalue weighted by atomic mass is 10.2. The molecule has 1 amide bonds. The molecular formula is C11H13BrN2O3. The summed E-state index contributed by atoms with van der Waals surface area (Å²) in [5.74, 6) is 1.20. The van der Waals surface area contributed by atoms with Gasteiger partial charge in [-0.25, -0.2) is 0 Å². The Morgan fingerprint density at radius 3 is 2.65 bits per heavy atom. The molecule has 2 rings (SSSR count). The molecule has 0 saturated carbocycles. The summed E-state index contributed by atoms with van der Waals surface area (Å²) >= 11 is 3.37. The van der Waals surface area contributed by atoms with Gasteiger partial charge >= 0.3 is 0 Å². The summed E-state index contributed by atoms with van der Waals surface area (Å²) in [6.45, 7) is 1.39. The molecule has 1 aromatic rings. The zero-order valence-electron chi connectivity index (χ0n) is 9.16. The Morgan fingerprint density at radius 1 is 1.35 bits per heavy atom. The molecule has 17 heavy (non-hydrogen) atoms. The van der Waals surface area contributed by atoms with Crippen LogP contribution in [0.2, 0.25) is 0 Å². The van der Waals surface area contributed by atoms with Gasteiger partial charge in [-0.1, -0.05) is 0 Å². The topological polar surface area (TPSA) is 73.6 Å². The number of ether oxygens (including phenoxy) is 2. The van der Waals surface area contributed by atoms with E-state index in [0.717, 1.165) is 4.47 Å². The van der Waals surface area contributed by atoms with Gasteiger partial charge < -0.3 is 20.5 Å². The Labute approximate surface area is 107 Å². The van der Waals surface area contributed by atoms with Crippen LogP contribution in [0, 0.1) is 0 Å². The first-order chi connectivity index (χ1) is 8.20. The predicted molar refractivity (Wildman–Crippen MR) is 67.4 cm³/mol. The molecule has 0 unspecified atom stereocenters. The van der Waals surface area contributed by atoms with Gasteiger partial charge in [-0.3, -0.25) is 4.79 Å². The van der Waals surface area contributed by atoms with Crippen LogP contribution < -0.4 is 20.5 Å². The highest BCUT2D eigenvalue weighted by Crippen LogP contribution is 2.38. The van der Waals surface area contributed by atoms with Crippen LogP contribution in [-0.2, 0) is 4.79 Å². The number of hydrogen-bond donors (Lipinski definition) is 2. The molecule has 5 nitrogen and oxygen atoms in total. The average molecular weight is 301 g/mol. The maximum Gasteiger partial charge on any atom is 0.225 e. The van der Waals surface area contributed by atoms with Gasteiger partial charge in [0, 0.05) is 29.6 Å². The molecule has 1 aliphatic rings. The minimum absolute atomic E-state index is 0.120. The summed E-state index contributed by atoms with van der Waals surface area (Å²) in [6, 6.07) is 3.53. The first kappa shape index (κ1) is 12.2. The fourth-order valence-corrected chi connectivity index (χ4v) is 1.93. The van der Waals surface area contributed by atoms with Crippen LogP contribution in [0.5, 0.6) is 11.5 Å². The van der Waals surface area contributed by atoms with E-state index in [1.807, 2.05) is 0 Å². The highest BCUT2D eigenvalue weighted by atomic mass is 79.9. The number of hydrogen-bond acceptors (Lipinski definition) is 4. The maximum atomic E-state index is 11.4. The number of nitrogens with two attached hydrogens (primary N) is 1. The van der Waals surface area contributed by atoms with Crippen molar-refractivity contribution >= 4 is 27.5 Å². The number of carbonyl (C=O) groups is 1. The minimum Gasteiger partial charge on any atom is -0.486 e. The van der Waals surface area contributed by atoms with Crippen molar-refractivity contribution in [1.29, 1.82) is 0 Å². The van der Waals surface area contributed by atoms with E-state index in [1.165, 1.54) is 0 Å². The van der Waals surface area contributed by atoms with E-state index in [4.69, 9.17) is 15.2 Å². The standard InChI is InChI=1S/C11H13BrN2O3/c12-7-5-9-10(17-4-3-16-9)6-8(7)14-11(15)1-2-13/h5-6H,1-4,13H2,(H,14,15). The predicted octanol–water partition coefficient (Wildman–Crippen LogP) is 1.51. The van der Waals surface area contributed by atoms with Crippen molar-refractivity contribution in [2.45, 2.75) is 6.42 Å². The molecule has 0 radical (unpaired) electrons. The number of rotatable bonds is 3. The van der Waals surface area contributed by atoms with E-state index in [-0.39, 0.29) is 5.91 Å². The fraction of sp³-hybridized carbons (Fsp3) is 0.364. The molecule has 0 saturated heterocycles. The van der Waals surface area contributed by atoms with Gasteiger partial charge in [0.25, 0.3) is 0 Å². The van der Waals surface area contributed by atoms with Crippen molar-refractivity contribution in [1.82, 2.24) is 0 Å². The van der Waals surface area contributed by atoms with Crippen molar-refractivity contribution in [2.75, 3.05) is 25.1 Å². The van der Waals surface area contributed by atoms with Crippen molar-refractivity contribution in [3.8, 4) is 11.5 Å². The third-order valence-electron chi connectivity index (χ3n) is 2.28. The summed E-state index contributed by atoms with van der Waals surface area (Å²) in [7, 11) is 0. The Bertz CT molecular complexity index is 437. The second-order valence-corrected chi connectivity index (χ2v) is 4.42. The summed E-state index contributed by atoms with van der Waals surface area (Å²) < 4.78 is 11.6. The third-order valence-corrected chi connectivity index (χ3v) is 2.93. The van der Waals surface area contributed by atoms with Crippen molar-refractivity contribution < 1.29 is 14.3 Å². The molecule has 92 valence electrons. The van der Waals surface area contributed by atoms with Crippen LogP contribution in [-0.4, -0.2) is 25.7 Å². The molecule has 0 aromatic heterocycles. The smallest absolute Gasteiger partial charge is 0.225 e. The number of halogens is 1. The number of amides is 1. The second kappa shape index (κ2) is 5.37. The third kappa shape index (κ3) is 2.89. The van der Waals surface area contributed by atoms with E-state index in [1.54, 1.807) is 12.1 Å². The lowest BCUT2D eigenvalue weighted by Crippen LogP contribution is -2.18. The Balaban J connectivity index is 2.19. The van der Waals surface area contributed by atoms with Gasteiger partial charge in [0.15, 0.2) is 11.5 Å². The van der Waals surface area contributed by atoms with Crippen LogP contribution in [0.3, 0.4) is 0 Å². The molecule has 0 aliphatic carbocycles. The van der Waals surface area contributed by atoms with Gasteiger partial charge in [0.1, 0.15) is 13.2 Å².